The summed E-state index contributed by atoms with van der Waals surface area (Å²) in [5, 5.41) is 34.9. The van der Waals surface area contributed by atoms with Crippen molar-refractivity contribution in [3.8, 4) is 5.75 Å². The number of phenols is 1. The molecule has 52 heavy (non-hydrogen) atoms. The second-order valence-corrected chi connectivity index (χ2v) is 20.4. The average molecular weight is 722 g/mol. The third-order valence-electron chi connectivity index (χ3n) is 11.7. The first-order valence-electron chi connectivity index (χ1n) is 19.0. The lowest BCUT2D eigenvalue weighted by Gasteiger charge is -2.44. The average Bonchev–Trinajstić information content (AvgIpc) is 3.40. The van der Waals surface area contributed by atoms with Gasteiger partial charge in [-0.3, -0.25) is 14.5 Å². The van der Waals surface area contributed by atoms with Crippen molar-refractivity contribution in [3.63, 3.8) is 0 Å². The number of rotatable bonds is 12. The molecule has 276 valence electrons. The van der Waals surface area contributed by atoms with Gasteiger partial charge in [0.05, 0.1) is 31.2 Å². The van der Waals surface area contributed by atoms with E-state index < -0.39 is 32.2 Å². The van der Waals surface area contributed by atoms with Crippen molar-refractivity contribution in [2.24, 2.45) is 17.8 Å². The Bertz CT molecular complexity index is 1720. The Morgan fingerprint density at radius 1 is 0.904 bits per heavy atom. The van der Waals surface area contributed by atoms with Gasteiger partial charge < -0.3 is 19.7 Å². The number of amides is 2. The Hall–Kier alpha value is -3.82. The lowest BCUT2D eigenvalue weighted by molar-refractivity contribution is -0.143. The number of carbonyl (C=O) groups excluding carboxylic acids is 2. The summed E-state index contributed by atoms with van der Waals surface area (Å²) in [5.41, 5.74) is 3.49. The molecule has 3 aliphatic rings. The number of imide groups is 1. The number of nitrogens with zero attached hydrogens (tertiary/aromatic N) is 1. The predicted molar refractivity (Wildman–Crippen MR) is 208 cm³/mol. The van der Waals surface area contributed by atoms with Crippen molar-refractivity contribution < 1.29 is 29.3 Å². The van der Waals surface area contributed by atoms with E-state index in [-0.39, 0.29) is 41.9 Å². The van der Waals surface area contributed by atoms with Gasteiger partial charge in [0.2, 0.25) is 11.8 Å². The molecule has 2 amide bonds. The predicted octanol–water partition coefficient (Wildman–Crippen LogP) is 6.76. The minimum absolute atomic E-state index is 0.100. The van der Waals surface area contributed by atoms with Crippen LogP contribution in [0.5, 0.6) is 5.75 Å². The number of benzene rings is 3. The lowest BCUT2D eigenvalue weighted by Crippen LogP contribution is -2.66. The highest BCUT2D eigenvalue weighted by Crippen LogP contribution is 2.48. The van der Waals surface area contributed by atoms with Gasteiger partial charge in [0.25, 0.3) is 8.32 Å². The monoisotopic (exact) mass is 721 g/mol. The number of likely N-dealkylation sites (tertiary alicyclic amines) is 1. The van der Waals surface area contributed by atoms with E-state index in [2.05, 4.69) is 45.0 Å². The zero-order chi connectivity index (χ0) is 37.0. The van der Waals surface area contributed by atoms with Gasteiger partial charge >= 0.3 is 0 Å². The molecule has 0 bridgehead atoms. The first-order valence-corrected chi connectivity index (χ1v) is 21.0. The topological polar surface area (TPSA) is 107 Å². The van der Waals surface area contributed by atoms with Crippen molar-refractivity contribution in [2.45, 2.75) is 96.2 Å². The third kappa shape index (κ3) is 7.49. The van der Waals surface area contributed by atoms with E-state index in [0.29, 0.717) is 24.8 Å². The Morgan fingerprint density at radius 3 is 2.06 bits per heavy atom. The highest BCUT2D eigenvalue weighted by molar-refractivity contribution is 6.99. The van der Waals surface area contributed by atoms with Crippen molar-refractivity contribution in [1.82, 2.24) is 4.90 Å². The smallest absolute Gasteiger partial charge is 0.261 e. The van der Waals surface area contributed by atoms with Crippen molar-refractivity contribution in [3.05, 3.63) is 107 Å². The molecule has 2 fully saturated rings. The van der Waals surface area contributed by atoms with Gasteiger partial charge in [-0.25, -0.2) is 0 Å². The maximum absolute atomic E-state index is 14.2. The summed E-state index contributed by atoms with van der Waals surface area (Å²) in [6.45, 7) is 8.54. The minimum atomic E-state index is -2.99. The summed E-state index contributed by atoms with van der Waals surface area (Å²) < 4.78 is 7.39. The highest BCUT2D eigenvalue weighted by Gasteiger charge is 2.57. The van der Waals surface area contributed by atoms with Crippen LogP contribution >= 0.6 is 0 Å². The van der Waals surface area contributed by atoms with Gasteiger partial charge in [0.15, 0.2) is 0 Å². The van der Waals surface area contributed by atoms with Gasteiger partial charge in [0, 0.05) is 12.0 Å². The summed E-state index contributed by atoms with van der Waals surface area (Å²) in [6.07, 6.45) is 7.14. The van der Waals surface area contributed by atoms with E-state index >= 15 is 0 Å². The second-order valence-electron chi connectivity index (χ2n) is 16.1. The van der Waals surface area contributed by atoms with Crippen LogP contribution in [-0.4, -0.2) is 65.7 Å². The number of aromatic hydroxyl groups is 1. The summed E-state index contributed by atoms with van der Waals surface area (Å²) >= 11 is 0. The molecule has 4 atom stereocenters. The molecule has 0 spiro atoms. The van der Waals surface area contributed by atoms with Gasteiger partial charge in [-0.05, 0) is 83.3 Å². The molecule has 1 saturated heterocycles. The van der Waals surface area contributed by atoms with Gasteiger partial charge in [-0.1, -0.05) is 124 Å². The molecule has 1 heterocycles. The molecule has 0 radical (unpaired) electrons. The summed E-state index contributed by atoms with van der Waals surface area (Å²) in [6, 6.07) is 27.7. The quantitative estimate of drug-likeness (QED) is 0.109. The Balaban J connectivity index is 1.39. The molecule has 6 rings (SSSR count). The molecule has 7 nitrogen and oxygen atoms in total. The van der Waals surface area contributed by atoms with Crippen molar-refractivity contribution >= 4 is 36.6 Å². The van der Waals surface area contributed by atoms with E-state index in [0.717, 1.165) is 59.2 Å². The number of allylic oxidation sites excluding steroid dienone is 1. The molecule has 0 aromatic heterocycles. The molecule has 3 aromatic carbocycles. The fourth-order valence-electron chi connectivity index (χ4n) is 9.22. The summed E-state index contributed by atoms with van der Waals surface area (Å²) in [7, 11) is -2.99. The van der Waals surface area contributed by atoms with Gasteiger partial charge in [-0.15, -0.1) is 0 Å². The fraction of sp³-hybridized carbons (Fsp3) is 0.455. The number of hydrogen-bond donors (Lipinski definition) is 3. The number of phenolic OH excluding ortho intramolecular Hbond substituents is 1. The van der Waals surface area contributed by atoms with E-state index in [1.54, 1.807) is 12.1 Å². The SMILES string of the molecule is C/C(=C\c1ccc(O)cc1)CC[C@@H](O)C1=C(CO[Si](c2ccccc2)(c2ccccc2)C(C)(C)C)C[C@H]2C(=O)N(C3CCCCC3)C(=O)[C@H]2[C@H]1CO. The van der Waals surface area contributed by atoms with Crippen LogP contribution in [0.15, 0.2) is 102 Å². The van der Waals surface area contributed by atoms with Crippen LogP contribution in [0.25, 0.3) is 6.08 Å². The maximum Gasteiger partial charge on any atom is 0.261 e. The van der Waals surface area contributed by atoms with Crippen molar-refractivity contribution in [2.75, 3.05) is 13.2 Å². The zero-order valence-corrected chi connectivity index (χ0v) is 32.1. The molecule has 0 unspecified atom stereocenters. The Morgan fingerprint density at radius 2 is 1.50 bits per heavy atom. The number of aliphatic hydroxyl groups excluding tert-OH is 2. The fourth-order valence-corrected chi connectivity index (χ4v) is 13.8. The van der Waals surface area contributed by atoms with Crippen LogP contribution in [0.1, 0.15) is 84.6 Å². The number of carbonyl (C=O) groups is 2. The van der Waals surface area contributed by atoms with Crippen LogP contribution in [0.4, 0.5) is 0 Å². The second kappa shape index (κ2) is 16.0. The molecular weight excluding hydrogens is 667 g/mol. The van der Waals surface area contributed by atoms with Crippen LogP contribution in [0.3, 0.4) is 0 Å². The third-order valence-corrected chi connectivity index (χ3v) is 16.7. The lowest BCUT2D eigenvalue weighted by atomic mass is 9.68. The largest absolute Gasteiger partial charge is 0.508 e. The standard InChI is InChI=1S/C44H55NO6Si/c1-30(26-31-21-23-34(47)24-22-31)20-25-39(48)40-32(27-37-41(38(40)28-46)43(50)45(42(37)49)33-14-8-5-9-15-33)29-51-52(44(2,3)4,35-16-10-6-11-17-35)36-18-12-7-13-19-36/h6-7,10-13,16-19,21-24,26,33,37-39,41,46-48H,5,8-9,14-15,20,25,27-29H2,1-4H3/b30-26+/t37-,38+,39-,41-/m1/s1. The highest BCUT2D eigenvalue weighted by atomic mass is 28.4. The van der Waals surface area contributed by atoms with Crippen LogP contribution in [0.2, 0.25) is 5.04 Å². The van der Waals surface area contributed by atoms with Gasteiger partial charge in [-0.2, -0.15) is 0 Å². The van der Waals surface area contributed by atoms with Crippen LogP contribution in [0, 0.1) is 17.8 Å². The van der Waals surface area contributed by atoms with E-state index in [1.165, 1.54) is 4.90 Å². The van der Waals surface area contributed by atoms with Crippen molar-refractivity contribution in [1.29, 1.82) is 0 Å². The summed E-state index contributed by atoms with van der Waals surface area (Å²) in [5.74, 6) is -2.09. The molecule has 1 saturated carbocycles. The van der Waals surface area contributed by atoms with Crippen LogP contribution < -0.4 is 10.4 Å². The Labute approximate surface area is 310 Å². The van der Waals surface area contributed by atoms with E-state index in [1.807, 2.05) is 61.5 Å². The molecule has 8 heteroatoms. The molecule has 3 N–H and O–H groups in total. The zero-order valence-electron chi connectivity index (χ0n) is 31.1. The Kier molecular flexibility index (Phi) is 11.7. The minimum Gasteiger partial charge on any atom is -0.508 e. The maximum atomic E-state index is 14.2. The summed E-state index contributed by atoms with van der Waals surface area (Å²) in [4.78, 5) is 30.0. The van der Waals surface area contributed by atoms with E-state index in [4.69, 9.17) is 4.43 Å². The number of hydrogen-bond acceptors (Lipinski definition) is 6. The molecule has 3 aromatic rings. The first-order chi connectivity index (χ1) is 25.0. The first kappa shape index (κ1) is 37.9. The van der Waals surface area contributed by atoms with Crippen LogP contribution in [-0.2, 0) is 14.0 Å². The molecule has 2 aliphatic carbocycles. The number of aliphatic hydroxyl groups is 2. The normalized spacial score (nSPS) is 22.5. The van der Waals surface area contributed by atoms with Gasteiger partial charge in [0.1, 0.15) is 5.75 Å². The molecule has 1 aliphatic heterocycles. The number of fused-ring (bicyclic) bond motifs is 1. The molecular formula is C44H55NO6Si. The van der Waals surface area contributed by atoms with E-state index in [9.17, 15) is 24.9 Å².